The van der Waals surface area contributed by atoms with E-state index in [9.17, 15) is 0 Å². The summed E-state index contributed by atoms with van der Waals surface area (Å²) in [6.07, 6.45) is 5.43. The van der Waals surface area contributed by atoms with Crippen LogP contribution in [-0.2, 0) is 6.54 Å². The number of hydrogen-bond donors (Lipinski definition) is 1. The lowest BCUT2D eigenvalue weighted by Gasteiger charge is -2.12. The van der Waals surface area contributed by atoms with Crippen molar-refractivity contribution in [1.82, 2.24) is 20.3 Å². The second-order valence-electron chi connectivity index (χ2n) is 4.73. The summed E-state index contributed by atoms with van der Waals surface area (Å²) in [5.74, 6) is 0.799. The molecule has 2 aromatic heterocycles. The lowest BCUT2D eigenvalue weighted by atomic mass is 10.1. The average Bonchev–Trinajstić information content (AvgIpc) is 2.53. The van der Waals surface area contributed by atoms with Gasteiger partial charge in [0.15, 0.2) is 0 Å². The van der Waals surface area contributed by atoms with Crippen molar-refractivity contribution in [2.24, 2.45) is 0 Å². The summed E-state index contributed by atoms with van der Waals surface area (Å²) in [4.78, 5) is 13.0. The number of hydrogen-bond acceptors (Lipinski definition) is 4. The van der Waals surface area contributed by atoms with Gasteiger partial charge in [-0.25, -0.2) is 9.97 Å². The zero-order chi connectivity index (χ0) is 13.8. The number of nitrogens with zero attached hydrogens (tertiary/aromatic N) is 3. The number of aromatic nitrogens is 3. The number of nitrogens with one attached hydrogen (secondary N) is 1. The molecule has 0 aliphatic carbocycles. The number of rotatable bonds is 4. The molecule has 2 heterocycles. The zero-order valence-electron chi connectivity index (χ0n) is 11.3. The molecule has 4 heteroatoms. The third kappa shape index (κ3) is 2.81. The smallest absolute Gasteiger partial charge is 0.144 e. The molecule has 0 saturated carbocycles. The average molecular weight is 264 g/mol. The number of fused-ring (bicyclic) bond motifs is 1. The van der Waals surface area contributed by atoms with Gasteiger partial charge in [-0.1, -0.05) is 24.3 Å². The van der Waals surface area contributed by atoms with Crippen molar-refractivity contribution in [3.63, 3.8) is 0 Å². The maximum Gasteiger partial charge on any atom is 0.144 e. The molecule has 0 aliphatic rings. The highest BCUT2D eigenvalue weighted by Crippen LogP contribution is 2.14. The summed E-state index contributed by atoms with van der Waals surface area (Å²) in [7, 11) is 0. The van der Waals surface area contributed by atoms with Gasteiger partial charge in [-0.15, -0.1) is 0 Å². The van der Waals surface area contributed by atoms with Crippen molar-refractivity contribution in [1.29, 1.82) is 0 Å². The molecular weight excluding hydrogens is 248 g/mol. The molecule has 0 fully saturated rings. The molecule has 3 rings (SSSR count). The highest BCUT2D eigenvalue weighted by atomic mass is 15.0. The Kier molecular flexibility index (Phi) is 3.65. The van der Waals surface area contributed by atoms with Gasteiger partial charge in [0.1, 0.15) is 5.82 Å². The first kappa shape index (κ1) is 12.7. The Morgan fingerprint density at radius 2 is 1.75 bits per heavy atom. The van der Waals surface area contributed by atoms with Crippen molar-refractivity contribution in [3.8, 4) is 0 Å². The molecule has 100 valence electrons. The second-order valence-corrected chi connectivity index (χ2v) is 4.73. The minimum absolute atomic E-state index is 0.101. The standard InChI is InChI=1S/C16H16N4/c1-12(16-17-7-4-8-18-16)19-11-15-9-13-5-2-3-6-14(13)10-20-15/h2-10,12,19H,11H2,1H3. The van der Waals surface area contributed by atoms with E-state index < -0.39 is 0 Å². The van der Waals surface area contributed by atoms with Crippen molar-refractivity contribution >= 4 is 10.8 Å². The van der Waals surface area contributed by atoms with Gasteiger partial charge in [0.05, 0.1) is 11.7 Å². The van der Waals surface area contributed by atoms with Gasteiger partial charge in [-0.05, 0) is 24.4 Å². The first-order valence-corrected chi connectivity index (χ1v) is 6.67. The SMILES string of the molecule is CC(NCc1cc2ccccc2cn1)c1ncccn1. The van der Waals surface area contributed by atoms with Gasteiger partial charge in [0.2, 0.25) is 0 Å². The Bertz CT molecular complexity index is 697. The first-order chi connectivity index (χ1) is 9.83. The van der Waals surface area contributed by atoms with E-state index in [4.69, 9.17) is 0 Å². The van der Waals surface area contributed by atoms with Gasteiger partial charge in [-0.3, -0.25) is 4.98 Å². The summed E-state index contributed by atoms with van der Waals surface area (Å²) >= 11 is 0. The van der Waals surface area contributed by atoms with Crippen LogP contribution in [0.5, 0.6) is 0 Å². The van der Waals surface area contributed by atoms with Crippen LogP contribution < -0.4 is 5.32 Å². The minimum Gasteiger partial charge on any atom is -0.302 e. The molecule has 0 bridgehead atoms. The molecule has 20 heavy (non-hydrogen) atoms. The fourth-order valence-corrected chi connectivity index (χ4v) is 2.11. The molecule has 0 amide bonds. The molecule has 3 aromatic rings. The fourth-order valence-electron chi connectivity index (χ4n) is 2.11. The van der Waals surface area contributed by atoms with Gasteiger partial charge in [0, 0.05) is 30.5 Å². The molecule has 0 radical (unpaired) electrons. The van der Waals surface area contributed by atoms with Crippen LogP contribution in [0.25, 0.3) is 10.8 Å². The van der Waals surface area contributed by atoms with E-state index in [0.717, 1.165) is 16.9 Å². The van der Waals surface area contributed by atoms with Crippen LogP contribution in [0, 0.1) is 0 Å². The highest BCUT2D eigenvalue weighted by Gasteiger charge is 2.07. The van der Waals surface area contributed by atoms with Crippen LogP contribution in [0.4, 0.5) is 0 Å². The summed E-state index contributed by atoms with van der Waals surface area (Å²) in [5.41, 5.74) is 1.02. The molecule has 1 aromatic carbocycles. The van der Waals surface area contributed by atoms with E-state index in [1.165, 1.54) is 5.39 Å². The maximum atomic E-state index is 4.47. The minimum atomic E-state index is 0.101. The van der Waals surface area contributed by atoms with Crippen molar-refractivity contribution in [2.75, 3.05) is 0 Å². The predicted octanol–water partition coefficient (Wildman–Crippen LogP) is 2.88. The summed E-state index contributed by atoms with van der Waals surface area (Å²) in [5, 5.41) is 5.77. The maximum absolute atomic E-state index is 4.47. The van der Waals surface area contributed by atoms with E-state index in [1.807, 2.05) is 24.4 Å². The van der Waals surface area contributed by atoms with Gasteiger partial charge < -0.3 is 5.32 Å². The van der Waals surface area contributed by atoms with E-state index in [1.54, 1.807) is 12.4 Å². The van der Waals surface area contributed by atoms with Crippen LogP contribution in [0.1, 0.15) is 24.5 Å². The molecule has 1 unspecified atom stereocenters. The largest absolute Gasteiger partial charge is 0.302 e. The van der Waals surface area contributed by atoms with Crippen molar-refractivity contribution in [2.45, 2.75) is 19.5 Å². The van der Waals surface area contributed by atoms with Crippen molar-refractivity contribution < 1.29 is 0 Å². The van der Waals surface area contributed by atoms with Crippen LogP contribution in [0.2, 0.25) is 0 Å². The molecule has 0 saturated heterocycles. The van der Waals surface area contributed by atoms with Crippen LogP contribution in [0.15, 0.2) is 55.0 Å². The monoisotopic (exact) mass is 264 g/mol. The lowest BCUT2D eigenvalue weighted by molar-refractivity contribution is 0.540. The Morgan fingerprint density at radius 3 is 2.55 bits per heavy atom. The summed E-state index contributed by atoms with van der Waals surface area (Å²) in [6, 6.07) is 12.3. The molecule has 0 aliphatic heterocycles. The Morgan fingerprint density at radius 1 is 1.00 bits per heavy atom. The molecule has 4 nitrogen and oxygen atoms in total. The third-order valence-corrected chi connectivity index (χ3v) is 3.25. The lowest BCUT2D eigenvalue weighted by Crippen LogP contribution is -2.20. The van der Waals surface area contributed by atoms with Crippen LogP contribution in [0.3, 0.4) is 0 Å². The Hall–Kier alpha value is -2.33. The normalized spacial score (nSPS) is 12.4. The molecular formula is C16H16N4. The predicted molar refractivity (Wildman–Crippen MR) is 79.0 cm³/mol. The van der Waals surface area contributed by atoms with E-state index in [0.29, 0.717) is 6.54 Å². The van der Waals surface area contributed by atoms with E-state index >= 15 is 0 Å². The Labute approximate surface area is 117 Å². The molecule has 0 spiro atoms. The van der Waals surface area contributed by atoms with Gasteiger partial charge in [-0.2, -0.15) is 0 Å². The first-order valence-electron chi connectivity index (χ1n) is 6.67. The summed E-state index contributed by atoms with van der Waals surface area (Å²) < 4.78 is 0. The van der Waals surface area contributed by atoms with E-state index in [2.05, 4.69) is 45.4 Å². The van der Waals surface area contributed by atoms with Gasteiger partial charge in [0.25, 0.3) is 0 Å². The highest BCUT2D eigenvalue weighted by molar-refractivity contribution is 5.81. The topological polar surface area (TPSA) is 50.7 Å². The van der Waals surface area contributed by atoms with Gasteiger partial charge >= 0.3 is 0 Å². The molecule has 1 N–H and O–H groups in total. The second kappa shape index (κ2) is 5.75. The Balaban J connectivity index is 1.70. The molecule has 1 atom stereocenters. The quantitative estimate of drug-likeness (QED) is 0.787. The van der Waals surface area contributed by atoms with Crippen LogP contribution in [-0.4, -0.2) is 15.0 Å². The number of benzene rings is 1. The number of pyridine rings is 1. The van der Waals surface area contributed by atoms with Crippen molar-refractivity contribution in [3.05, 3.63) is 66.5 Å². The van der Waals surface area contributed by atoms with Crippen LogP contribution >= 0.6 is 0 Å². The zero-order valence-corrected chi connectivity index (χ0v) is 11.3. The summed E-state index contributed by atoms with van der Waals surface area (Å²) in [6.45, 7) is 2.75. The van der Waals surface area contributed by atoms with E-state index in [-0.39, 0.29) is 6.04 Å². The third-order valence-electron chi connectivity index (χ3n) is 3.25. The fraction of sp³-hybridized carbons (Fsp3) is 0.188.